The summed E-state index contributed by atoms with van der Waals surface area (Å²) in [5.74, 6) is 2.25. The van der Waals surface area contributed by atoms with Gasteiger partial charge in [0.15, 0.2) is 5.78 Å². The van der Waals surface area contributed by atoms with Gasteiger partial charge in [-0.1, -0.05) is 25.5 Å². The first kappa shape index (κ1) is 16.7. The Morgan fingerprint density at radius 2 is 1.80 bits per heavy atom. The number of carbonyl (C=O) groups is 1. The molecule has 1 aromatic carbocycles. The monoisotopic (exact) mass is 339 g/mol. The van der Waals surface area contributed by atoms with Gasteiger partial charge in [-0.15, -0.1) is 0 Å². The Morgan fingerprint density at radius 1 is 1.08 bits per heavy atom. The highest BCUT2D eigenvalue weighted by atomic mass is 16.5. The van der Waals surface area contributed by atoms with Crippen LogP contribution in [0, 0.1) is 11.8 Å². The highest BCUT2D eigenvalue weighted by Gasteiger charge is 2.36. The predicted octanol–water partition coefficient (Wildman–Crippen LogP) is 4.67. The summed E-state index contributed by atoms with van der Waals surface area (Å²) in [7, 11) is 0. The van der Waals surface area contributed by atoms with Gasteiger partial charge in [-0.2, -0.15) is 0 Å². The van der Waals surface area contributed by atoms with E-state index >= 15 is 0 Å². The SMILES string of the molecule is CCC1CCCCC1Oc1ccc(/C=C2/C(=O)C3CCN2CC3)cc1. The average molecular weight is 339 g/mol. The van der Waals surface area contributed by atoms with Crippen LogP contribution in [0.15, 0.2) is 30.0 Å². The van der Waals surface area contributed by atoms with E-state index in [2.05, 4.69) is 42.2 Å². The highest BCUT2D eigenvalue weighted by Crippen LogP contribution is 2.33. The van der Waals surface area contributed by atoms with Gasteiger partial charge in [0.25, 0.3) is 0 Å². The van der Waals surface area contributed by atoms with E-state index in [1.54, 1.807) is 0 Å². The van der Waals surface area contributed by atoms with E-state index in [-0.39, 0.29) is 5.92 Å². The summed E-state index contributed by atoms with van der Waals surface area (Å²) in [6, 6.07) is 8.30. The number of hydrogen-bond acceptors (Lipinski definition) is 3. The molecule has 2 bridgehead atoms. The molecule has 1 saturated carbocycles. The highest BCUT2D eigenvalue weighted by molar-refractivity contribution is 6.01. The Hall–Kier alpha value is -1.77. The van der Waals surface area contributed by atoms with Crippen LogP contribution in [0.1, 0.15) is 57.4 Å². The molecule has 1 aromatic rings. The molecule has 2 unspecified atom stereocenters. The lowest BCUT2D eigenvalue weighted by Gasteiger charge is -2.41. The number of Topliss-reactive ketones (excluding diaryl/α,β-unsaturated/α-hetero) is 1. The third-order valence-corrected chi connectivity index (χ3v) is 6.29. The number of ether oxygens (including phenoxy) is 1. The topological polar surface area (TPSA) is 29.5 Å². The lowest BCUT2D eigenvalue weighted by Crippen LogP contribution is -2.45. The number of ketones is 1. The Bertz CT molecular complexity index is 640. The Balaban J connectivity index is 1.45. The maximum absolute atomic E-state index is 12.5. The lowest BCUT2D eigenvalue weighted by atomic mass is 9.84. The zero-order valence-corrected chi connectivity index (χ0v) is 15.2. The van der Waals surface area contributed by atoms with Gasteiger partial charge in [-0.3, -0.25) is 4.79 Å². The fraction of sp³-hybridized carbons (Fsp3) is 0.591. The Kier molecular flexibility index (Phi) is 4.82. The molecule has 3 saturated heterocycles. The number of piperidine rings is 3. The molecule has 5 rings (SSSR count). The van der Waals surface area contributed by atoms with Crippen molar-refractivity contribution in [2.24, 2.45) is 11.8 Å². The third kappa shape index (κ3) is 3.47. The van der Waals surface area contributed by atoms with Gasteiger partial charge in [-0.05, 0) is 68.2 Å². The van der Waals surface area contributed by atoms with E-state index in [1.807, 2.05) is 0 Å². The Labute approximate surface area is 151 Å². The standard InChI is InChI=1S/C22H29NO2/c1-2-17-5-3-4-6-21(17)25-19-9-7-16(8-10-19)15-20-22(24)18-11-13-23(20)14-12-18/h7-10,15,17-18,21H,2-6,11-14H2,1H3/b20-15-. The molecule has 2 atom stereocenters. The minimum atomic E-state index is 0.260. The minimum absolute atomic E-state index is 0.260. The molecule has 4 fully saturated rings. The first-order chi connectivity index (χ1) is 12.2. The zero-order valence-electron chi connectivity index (χ0n) is 15.2. The van der Waals surface area contributed by atoms with Crippen molar-refractivity contribution in [3.05, 3.63) is 35.5 Å². The molecular weight excluding hydrogens is 310 g/mol. The molecular formula is C22H29NO2. The summed E-state index contributed by atoms with van der Waals surface area (Å²) in [6.45, 7) is 4.33. The first-order valence-electron chi connectivity index (χ1n) is 10.0. The molecule has 3 aliphatic heterocycles. The van der Waals surface area contributed by atoms with Gasteiger partial charge >= 0.3 is 0 Å². The largest absolute Gasteiger partial charge is 0.490 e. The van der Waals surface area contributed by atoms with Crippen molar-refractivity contribution in [2.45, 2.75) is 58.0 Å². The molecule has 0 aromatic heterocycles. The van der Waals surface area contributed by atoms with Crippen LogP contribution in [0.2, 0.25) is 0 Å². The molecule has 0 N–H and O–H groups in total. The van der Waals surface area contributed by atoms with Crippen molar-refractivity contribution in [1.29, 1.82) is 0 Å². The number of nitrogens with zero attached hydrogens (tertiary/aromatic N) is 1. The molecule has 3 heterocycles. The van der Waals surface area contributed by atoms with Crippen molar-refractivity contribution >= 4 is 11.9 Å². The summed E-state index contributed by atoms with van der Waals surface area (Å²) in [5, 5.41) is 0. The van der Waals surface area contributed by atoms with E-state index in [1.165, 1.54) is 32.1 Å². The van der Waals surface area contributed by atoms with Crippen molar-refractivity contribution in [3.8, 4) is 5.75 Å². The van der Waals surface area contributed by atoms with Crippen LogP contribution >= 0.6 is 0 Å². The second-order valence-corrected chi connectivity index (χ2v) is 7.83. The lowest BCUT2D eigenvalue weighted by molar-refractivity contribution is -0.125. The normalized spacial score (nSPS) is 28.6. The van der Waals surface area contributed by atoms with E-state index in [0.29, 0.717) is 17.8 Å². The molecule has 3 nitrogen and oxygen atoms in total. The maximum atomic E-state index is 12.5. The van der Waals surface area contributed by atoms with Crippen molar-refractivity contribution in [3.63, 3.8) is 0 Å². The quantitative estimate of drug-likeness (QED) is 0.747. The molecule has 25 heavy (non-hydrogen) atoms. The van der Waals surface area contributed by atoms with Gasteiger partial charge in [0.1, 0.15) is 11.9 Å². The average Bonchev–Trinajstić information content (AvgIpc) is 2.67. The summed E-state index contributed by atoms with van der Waals surface area (Å²) < 4.78 is 6.28. The zero-order chi connectivity index (χ0) is 17.2. The summed E-state index contributed by atoms with van der Waals surface area (Å²) in [4.78, 5) is 14.7. The summed E-state index contributed by atoms with van der Waals surface area (Å²) in [6.07, 6.45) is 10.8. The van der Waals surface area contributed by atoms with Crippen LogP contribution in [-0.2, 0) is 4.79 Å². The van der Waals surface area contributed by atoms with Crippen molar-refractivity contribution in [1.82, 2.24) is 4.90 Å². The Morgan fingerprint density at radius 3 is 2.48 bits per heavy atom. The van der Waals surface area contributed by atoms with E-state index in [0.717, 1.165) is 42.9 Å². The van der Waals surface area contributed by atoms with E-state index in [9.17, 15) is 4.79 Å². The van der Waals surface area contributed by atoms with Crippen LogP contribution in [0.4, 0.5) is 0 Å². The maximum Gasteiger partial charge on any atom is 0.182 e. The van der Waals surface area contributed by atoms with E-state index < -0.39 is 0 Å². The van der Waals surface area contributed by atoms with Crippen LogP contribution in [0.5, 0.6) is 5.75 Å². The molecule has 1 aliphatic carbocycles. The minimum Gasteiger partial charge on any atom is -0.490 e. The van der Waals surface area contributed by atoms with Gasteiger partial charge in [-0.25, -0.2) is 0 Å². The number of hydrogen-bond donors (Lipinski definition) is 0. The summed E-state index contributed by atoms with van der Waals surface area (Å²) in [5.41, 5.74) is 2.01. The number of rotatable bonds is 4. The van der Waals surface area contributed by atoms with Gasteiger partial charge < -0.3 is 9.64 Å². The van der Waals surface area contributed by atoms with Crippen LogP contribution in [0.3, 0.4) is 0 Å². The van der Waals surface area contributed by atoms with Gasteiger partial charge in [0.2, 0.25) is 0 Å². The molecule has 4 aliphatic rings. The van der Waals surface area contributed by atoms with Crippen LogP contribution in [0.25, 0.3) is 6.08 Å². The fourth-order valence-electron chi connectivity index (χ4n) is 4.68. The van der Waals surface area contributed by atoms with Gasteiger partial charge in [0.05, 0.1) is 5.70 Å². The van der Waals surface area contributed by atoms with Crippen LogP contribution in [-0.4, -0.2) is 29.9 Å². The molecule has 0 amide bonds. The molecule has 0 spiro atoms. The molecule has 134 valence electrons. The third-order valence-electron chi connectivity index (χ3n) is 6.29. The number of carbonyl (C=O) groups excluding carboxylic acids is 1. The van der Waals surface area contributed by atoms with Crippen molar-refractivity contribution in [2.75, 3.05) is 13.1 Å². The van der Waals surface area contributed by atoms with Crippen molar-refractivity contribution < 1.29 is 9.53 Å². The number of allylic oxidation sites excluding steroid dienone is 1. The predicted molar refractivity (Wildman–Crippen MR) is 100 cm³/mol. The first-order valence-corrected chi connectivity index (χ1v) is 10.0. The second kappa shape index (κ2) is 7.23. The van der Waals surface area contributed by atoms with Crippen LogP contribution < -0.4 is 4.74 Å². The summed E-state index contributed by atoms with van der Waals surface area (Å²) >= 11 is 0. The second-order valence-electron chi connectivity index (χ2n) is 7.83. The number of fused-ring (bicyclic) bond motifs is 3. The molecule has 3 heteroatoms. The van der Waals surface area contributed by atoms with Gasteiger partial charge in [0, 0.05) is 19.0 Å². The molecule has 0 radical (unpaired) electrons. The van der Waals surface area contributed by atoms with E-state index in [4.69, 9.17) is 4.74 Å². The smallest absolute Gasteiger partial charge is 0.182 e. The fourth-order valence-corrected chi connectivity index (χ4v) is 4.68. The number of benzene rings is 1.